The van der Waals surface area contributed by atoms with Gasteiger partial charge in [-0.15, -0.1) is 0 Å². The molecule has 0 amide bonds. The van der Waals surface area contributed by atoms with Crippen LogP contribution in [0.2, 0.25) is 0 Å². The zero-order chi connectivity index (χ0) is 12.2. The quantitative estimate of drug-likeness (QED) is 0.775. The van der Waals surface area contributed by atoms with Crippen LogP contribution in [0.25, 0.3) is 0 Å². The van der Waals surface area contributed by atoms with Gasteiger partial charge >= 0.3 is 0 Å². The number of nitrogens with one attached hydrogen (secondary N) is 1. The van der Waals surface area contributed by atoms with Crippen LogP contribution in [-0.4, -0.2) is 20.1 Å². The van der Waals surface area contributed by atoms with E-state index in [1.54, 1.807) is 19.1 Å². The van der Waals surface area contributed by atoms with Gasteiger partial charge in [0, 0.05) is 6.54 Å². The molecule has 0 saturated carbocycles. The summed E-state index contributed by atoms with van der Waals surface area (Å²) in [5.41, 5.74) is 0.554. The SMILES string of the molecule is CCCCNS(=O)(=O)c1cccc(C)c1O. The number of unbranched alkanes of at least 4 members (excludes halogenated alkanes) is 1. The monoisotopic (exact) mass is 243 g/mol. The maximum Gasteiger partial charge on any atom is 0.244 e. The first-order valence-electron chi connectivity index (χ1n) is 5.27. The van der Waals surface area contributed by atoms with E-state index < -0.39 is 10.0 Å². The number of sulfonamides is 1. The number of phenolic OH excluding ortho intramolecular Hbond substituents is 1. The molecule has 0 aromatic heterocycles. The minimum Gasteiger partial charge on any atom is -0.506 e. The number of benzene rings is 1. The van der Waals surface area contributed by atoms with E-state index in [2.05, 4.69) is 4.72 Å². The third-order valence-electron chi connectivity index (χ3n) is 2.31. The summed E-state index contributed by atoms with van der Waals surface area (Å²) in [4.78, 5) is -0.0522. The minimum absolute atomic E-state index is 0.0522. The lowest BCUT2D eigenvalue weighted by atomic mass is 10.2. The molecule has 5 heteroatoms. The molecule has 0 fully saturated rings. The highest BCUT2D eigenvalue weighted by atomic mass is 32.2. The van der Waals surface area contributed by atoms with Crippen molar-refractivity contribution in [3.63, 3.8) is 0 Å². The Morgan fingerprint density at radius 2 is 2.06 bits per heavy atom. The molecular formula is C11H17NO3S. The molecule has 0 aliphatic heterocycles. The zero-order valence-electron chi connectivity index (χ0n) is 9.53. The normalized spacial score (nSPS) is 11.6. The van der Waals surface area contributed by atoms with Gasteiger partial charge < -0.3 is 5.11 Å². The third kappa shape index (κ3) is 2.96. The van der Waals surface area contributed by atoms with Crippen molar-refractivity contribution in [3.05, 3.63) is 23.8 Å². The Morgan fingerprint density at radius 1 is 1.38 bits per heavy atom. The predicted molar refractivity (Wildman–Crippen MR) is 62.9 cm³/mol. The van der Waals surface area contributed by atoms with Gasteiger partial charge in [0.25, 0.3) is 0 Å². The minimum atomic E-state index is -3.59. The molecule has 0 aliphatic carbocycles. The molecule has 1 rings (SSSR count). The largest absolute Gasteiger partial charge is 0.506 e. The zero-order valence-corrected chi connectivity index (χ0v) is 10.3. The Bertz CT molecular complexity index is 454. The molecule has 0 radical (unpaired) electrons. The van der Waals surface area contributed by atoms with Gasteiger partial charge in [0.05, 0.1) is 0 Å². The number of rotatable bonds is 5. The molecule has 4 nitrogen and oxygen atoms in total. The average Bonchev–Trinajstić information content (AvgIpc) is 2.22. The number of aromatic hydroxyl groups is 1. The summed E-state index contributed by atoms with van der Waals surface area (Å²) in [5.74, 6) is -0.175. The maximum atomic E-state index is 11.8. The van der Waals surface area contributed by atoms with Crippen molar-refractivity contribution >= 4 is 10.0 Å². The maximum absolute atomic E-state index is 11.8. The van der Waals surface area contributed by atoms with Crippen molar-refractivity contribution in [3.8, 4) is 5.75 Å². The summed E-state index contributed by atoms with van der Waals surface area (Å²) in [5, 5.41) is 9.67. The van der Waals surface area contributed by atoms with E-state index in [9.17, 15) is 13.5 Å². The summed E-state index contributed by atoms with van der Waals surface area (Å²) in [6.45, 7) is 4.05. The Balaban J connectivity index is 2.94. The fourth-order valence-corrected chi connectivity index (χ4v) is 2.55. The molecule has 0 unspecified atom stereocenters. The number of phenols is 1. The smallest absolute Gasteiger partial charge is 0.244 e. The molecule has 1 aromatic rings. The van der Waals surface area contributed by atoms with Gasteiger partial charge in [-0.1, -0.05) is 25.5 Å². The molecule has 90 valence electrons. The molecular weight excluding hydrogens is 226 g/mol. The van der Waals surface area contributed by atoms with Crippen molar-refractivity contribution in [2.24, 2.45) is 0 Å². The van der Waals surface area contributed by atoms with E-state index in [-0.39, 0.29) is 10.6 Å². The van der Waals surface area contributed by atoms with Crippen LogP contribution in [0.3, 0.4) is 0 Å². The van der Waals surface area contributed by atoms with Crippen LogP contribution in [0.5, 0.6) is 5.75 Å². The van der Waals surface area contributed by atoms with Crippen molar-refractivity contribution in [1.29, 1.82) is 0 Å². The Hall–Kier alpha value is -1.07. The van der Waals surface area contributed by atoms with E-state index in [1.165, 1.54) is 6.07 Å². The van der Waals surface area contributed by atoms with Gasteiger partial charge in [0.15, 0.2) is 0 Å². The summed E-state index contributed by atoms with van der Waals surface area (Å²) < 4.78 is 26.1. The summed E-state index contributed by atoms with van der Waals surface area (Å²) in [6, 6.07) is 4.68. The molecule has 1 aromatic carbocycles. The van der Waals surface area contributed by atoms with E-state index in [4.69, 9.17) is 0 Å². The van der Waals surface area contributed by atoms with Crippen molar-refractivity contribution in [1.82, 2.24) is 4.72 Å². The Labute approximate surface area is 96.4 Å². The van der Waals surface area contributed by atoms with Gasteiger partial charge in [0.1, 0.15) is 10.6 Å². The van der Waals surface area contributed by atoms with Gasteiger partial charge in [-0.3, -0.25) is 0 Å². The highest BCUT2D eigenvalue weighted by molar-refractivity contribution is 7.89. The Morgan fingerprint density at radius 3 is 2.69 bits per heavy atom. The fourth-order valence-electron chi connectivity index (χ4n) is 1.31. The second-order valence-corrected chi connectivity index (χ2v) is 5.41. The number of aryl methyl sites for hydroxylation is 1. The summed E-state index contributed by atoms with van der Waals surface area (Å²) >= 11 is 0. The topological polar surface area (TPSA) is 66.4 Å². The summed E-state index contributed by atoms with van der Waals surface area (Å²) in [7, 11) is -3.59. The second-order valence-electron chi connectivity index (χ2n) is 3.67. The lowest BCUT2D eigenvalue weighted by molar-refractivity contribution is 0.453. The molecule has 0 saturated heterocycles. The highest BCUT2D eigenvalue weighted by Gasteiger charge is 2.18. The average molecular weight is 243 g/mol. The van der Waals surface area contributed by atoms with E-state index in [0.717, 1.165) is 12.8 Å². The van der Waals surface area contributed by atoms with Crippen LogP contribution in [0.1, 0.15) is 25.3 Å². The van der Waals surface area contributed by atoms with Crippen LogP contribution in [0, 0.1) is 6.92 Å². The van der Waals surface area contributed by atoms with Gasteiger partial charge in [0.2, 0.25) is 10.0 Å². The van der Waals surface area contributed by atoms with Crippen LogP contribution < -0.4 is 4.72 Å². The molecule has 0 spiro atoms. The van der Waals surface area contributed by atoms with E-state index in [0.29, 0.717) is 12.1 Å². The molecule has 0 heterocycles. The van der Waals surface area contributed by atoms with Crippen molar-refractivity contribution in [2.45, 2.75) is 31.6 Å². The number of hydrogen-bond donors (Lipinski definition) is 2. The first-order valence-corrected chi connectivity index (χ1v) is 6.75. The molecule has 0 bridgehead atoms. The molecule has 0 atom stereocenters. The van der Waals surface area contributed by atoms with E-state index in [1.807, 2.05) is 6.92 Å². The van der Waals surface area contributed by atoms with Gasteiger partial charge in [-0.25, -0.2) is 13.1 Å². The summed E-state index contributed by atoms with van der Waals surface area (Å²) in [6.07, 6.45) is 1.70. The van der Waals surface area contributed by atoms with Gasteiger partial charge in [-0.05, 0) is 25.0 Å². The molecule has 16 heavy (non-hydrogen) atoms. The van der Waals surface area contributed by atoms with Gasteiger partial charge in [-0.2, -0.15) is 0 Å². The van der Waals surface area contributed by atoms with Crippen molar-refractivity contribution in [2.75, 3.05) is 6.54 Å². The lowest BCUT2D eigenvalue weighted by Crippen LogP contribution is -2.24. The predicted octanol–water partition coefficient (Wildman–Crippen LogP) is 1.78. The van der Waals surface area contributed by atoms with Crippen LogP contribution >= 0.6 is 0 Å². The van der Waals surface area contributed by atoms with Crippen molar-refractivity contribution < 1.29 is 13.5 Å². The standard InChI is InChI=1S/C11H17NO3S/c1-3-4-8-12-16(14,15)10-7-5-6-9(2)11(10)13/h5-7,12-13H,3-4,8H2,1-2H3. The first kappa shape index (κ1) is 13.0. The number of hydrogen-bond acceptors (Lipinski definition) is 3. The van der Waals surface area contributed by atoms with Crippen LogP contribution in [0.4, 0.5) is 0 Å². The third-order valence-corrected chi connectivity index (χ3v) is 3.81. The molecule has 0 aliphatic rings. The molecule has 2 N–H and O–H groups in total. The van der Waals surface area contributed by atoms with E-state index >= 15 is 0 Å². The van der Waals surface area contributed by atoms with Crippen LogP contribution in [0.15, 0.2) is 23.1 Å². The highest BCUT2D eigenvalue weighted by Crippen LogP contribution is 2.25. The number of para-hydroxylation sites is 1. The fraction of sp³-hybridized carbons (Fsp3) is 0.455. The Kier molecular flexibility index (Phi) is 4.32. The lowest BCUT2D eigenvalue weighted by Gasteiger charge is -2.09. The second kappa shape index (κ2) is 5.32. The first-order chi connectivity index (χ1) is 7.49. The van der Waals surface area contributed by atoms with Crippen LogP contribution in [-0.2, 0) is 10.0 Å².